The molecule has 130 valence electrons. The van der Waals surface area contributed by atoms with Gasteiger partial charge in [0.2, 0.25) is 5.91 Å². The Morgan fingerprint density at radius 1 is 1.29 bits per heavy atom. The van der Waals surface area contributed by atoms with Gasteiger partial charge in [-0.1, -0.05) is 6.08 Å². The van der Waals surface area contributed by atoms with Gasteiger partial charge in [-0.25, -0.2) is 0 Å². The largest absolute Gasteiger partial charge is 0.507 e. The van der Waals surface area contributed by atoms with Crippen molar-refractivity contribution < 1.29 is 19.2 Å². The molecule has 1 aliphatic rings. The van der Waals surface area contributed by atoms with Crippen molar-refractivity contribution in [3.8, 4) is 5.75 Å². The van der Waals surface area contributed by atoms with Crippen LogP contribution in [0, 0.1) is 0 Å². The van der Waals surface area contributed by atoms with Gasteiger partial charge in [0.25, 0.3) is 0 Å². The molecule has 1 aliphatic heterocycles. The summed E-state index contributed by atoms with van der Waals surface area (Å²) in [4.78, 5) is 11.3. The SMILES string of the molecule is CC(=O)NCC(=Cc1cc(N)ccc1O)B1OC(C)(C)C(C)(C)O1. The number of anilines is 1. The molecule has 4 N–H and O–H groups in total. The Morgan fingerprint density at radius 2 is 1.88 bits per heavy atom. The predicted octanol–water partition coefficient (Wildman–Crippen LogP) is 2.13. The maximum Gasteiger partial charge on any atom is 0.492 e. The summed E-state index contributed by atoms with van der Waals surface area (Å²) in [6, 6.07) is 4.81. The molecule has 7 heteroatoms. The number of nitrogen functional groups attached to an aromatic ring is 1. The highest BCUT2D eigenvalue weighted by Crippen LogP contribution is 2.39. The highest BCUT2D eigenvalue weighted by atomic mass is 16.7. The Kier molecular flexibility index (Phi) is 4.96. The Balaban J connectivity index is 2.37. The molecule has 1 aromatic rings. The number of carbonyl (C=O) groups is 1. The lowest BCUT2D eigenvalue weighted by Crippen LogP contribution is -2.41. The van der Waals surface area contributed by atoms with Gasteiger partial charge in [-0.15, -0.1) is 0 Å². The Hall–Kier alpha value is -1.99. The Bertz CT molecular complexity index is 655. The van der Waals surface area contributed by atoms with Gasteiger partial charge in [0, 0.05) is 24.7 Å². The average molecular weight is 332 g/mol. The first-order valence-electron chi connectivity index (χ1n) is 7.91. The minimum atomic E-state index is -0.623. The molecule has 0 aliphatic carbocycles. The van der Waals surface area contributed by atoms with Crippen molar-refractivity contribution in [1.82, 2.24) is 5.32 Å². The van der Waals surface area contributed by atoms with Crippen LogP contribution >= 0.6 is 0 Å². The van der Waals surface area contributed by atoms with Crippen LogP contribution in [0.15, 0.2) is 23.7 Å². The first-order valence-corrected chi connectivity index (χ1v) is 7.91. The molecule has 0 radical (unpaired) electrons. The van der Waals surface area contributed by atoms with E-state index in [1.165, 1.54) is 13.0 Å². The summed E-state index contributed by atoms with van der Waals surface area (Å²) >= 11 is 0. The predicted molar refractivity (Wildman–Crippen MR) is 95.3 cm³/mol. The minimum absolute atomic E-state index is 0.0982. The van der Waals surface area contributed by atoms with Crippen molar-refractivity contribution in [2.24, 2.45) is 0 Å². The lowest BCUT2D eigenvalue weighted by Gasteiger charge is -2.32. The van der Waals surface area contributed by atoms with Crippen molar-refractivity contribution in [3.05, 3.63) is 29.2 Å². The van der Waals surface area contributed by atoms with Crippen molar-refractivity contribution in [2.75, 3.05) is 12.3 Å². The zero-order chi connectivity index (χ0) is 18.1. The fourth-order valence-electron chi connectivity index (χ4n) is 2.31. The zero-order valence-corrected chi connectivity index (χ0v) is 14.8. The number of rotatable bonds is 4. The fourth-order valence-corrected chi connectivity index (χ4v) is 2.31. The second-order valence-corrected chi connectivity index (χ2v) is 7.04. The molecule has 0 atom stereocenters. The van der Waals surface area contributed by atoms with Crippen molar-refractivity contribution in [3.63, 3.8) is 0 Å². The van der Waals surface area contributed by atoms with Crippen LogP contribution < -0.4 is 11.1 Å². The number of aromatic hydroxyl groups is 1. The van der Waals surface area contributed by atoms with E-state index in [1.807, 2.05) is 27.7 Å². The van der Waals surface area contributed by atoms with Gasteiger partial charge in [-0.05, 0) is 51.4 Å². The maximum atomic E-state index is 11.3. The van der Waals surface area contributed by atoms with Gasteiger partial charge in [-0.2, -0.15) is 0 Å². The van der Waals surface area contributed by atoms with E-state index in [0.717, 1.165) is 0 Å². The first kappa shape index (κ1) is 18.4. The van der Waals surface area contributed by atoms with Crippen LogP contribution in [-0.2, 0) is 14.1 Å². The molecule has 1 saturated heterocycles. The summed E-state index contributed by atoms with van der Waals surface area (Å²) < 4.78 is 12.1. The zero-order valence-electron chi connectivity index (χ0n) is 14.8. The molecule has 0 aromatic heterocycles. The van der Waals surface area contributed by atoms with Crippen molar-refractivity contribution >= 4 is 24.8 Å². The average Bonchev–Trinajstić information content (AvgIpc) is 2.66. The van der Waals surface area contributed by atoms with E-state index in [2.05, 4.69) is 5.32 Å². The number of phenols is 1. The maximum absolute atomic E-state index is 11.3. The van der Waals surface area contributed by atoms with E-state index in [9.17, 15) is 9.90 Å². The molecule has 24 heavy (non-hydrogen) atoms. The number of amides is 1. The molecule has 2 rings (SSSR count). The number of nitrogens with one attached hydrogen (secondary N) is 1. The van der Waals surface area contributed by atoms with E-state index in [1.54, 1.807) is 18.2 Å². The van der Waals surface area contributed by atoms with Crippen LogP contribution in [0.1, 0.15) is 40.2 Å². The second-order valence-electron chi connectivity index (χ2n) is 7.04. The smallest absolute Gasteiger partial charge is 0.492 e. The molecular weight excluding hydrogens is 307 g/mol. The Labute approximate surface area is 143 Å². The van der Waals surface area contributed by atoms with E-state index in [-0.39, 0.29) is 18.2 Å². The number of phenolic OH excluding ortho intramolecular Hbond substituents is 1. The normalized spacial score (nSPS) is 19.4. The lowest BCUT2D eigenvalue weighted by molar-refractivity contribution is -0.118. The van der Waals surface area contributed by atoms with Crippen LogP contribution in [0.5, 0.6) is 5.75 Å². The van der Waals surface area contributed by atoms with Crippen LogP contribution in [0.2, 0.25) is 0 Å². The highest BCUT2D eigenvalue weighted by Gasteiger charge is 2.52. The number of hydrogen-bond donors (Lipinski definition) is 3. The third-order valence-corrected chi connectivity index (χ3v) is 4.49. The van der Waals surface area contributed by atoms with Gasteiger partial charge in [0.1, 0.15) is 5.75 Å². The monoisotopic (exact) mass is 332 g/mol. The van der Waals surface area contributed by atoms with E-state index >= 15 is 0 Å². The van der Waals surface area contributed by atoms with E-state index < -0.39 is 18.3 Å². The highest BCUT2D eigenvalue weighted by molar-refractivity contribution is 6.56. The lowest BCUT2D eigenvalue weighted by atomic mass is 9.77. The van der Waals surface area contributed by atoms with Gasteiger partial charge in [0.05, 0.1) is 11.2 Å². The van der Waals surface area contributed by atoms with Gasteiger partial charge in [0.15, 0.2) is 0 Å². The van der Waals surface area contributed by atoms with Crippen LogP contribution in [0.3, 0.4) is 0 Å². The van der Waals surface area contributed by atoms with Gasteiger partial charge in [-0.3, -0.25) is 4.79 Å². The Morgan fingerprint density at radius 3 is 2.42 bits per heavy atom. The summed E-state index contributed by atoms with van der Waals surface area (Å²) in [6.45, 7) is 9.53. The molecule has 6 nitrogen and oxygen atoms in total. The number of hydrogen-bond acceptors (Lipinski definition) is 5. The van der Waals surface area contributed by atoms with E-state index in [0.29, 0.717) is 16.7 Å². The standard InChI is InChI=1S/C17H25BN2O4/c1-11(21)20-10-13(8-12-9-14(19)6-7-15(12)22)18-23-16(2,3)17(4,5)24-18/h6-9,22H,10,19H2,1-5H3,(H,20,21). The molecular formula is C17H25BN2O4. The number of nitrogens with two attached hydrogens (primary N) is 1. The molecule has 0 bridgehead atoms. The molecule has 1 heterocycles. The molecule has 1 amide bonds. The van der Waals surface area contributed by atoms with Crippen molar-refractivity contribution in [2.45, 2.75) is 45.8 Å². The van der Waals surface area contributed by atoms with Crippen LogP contribution in [-0.4, -0.2) is 35.9 Å². The number of benzene rings is 1. The molecule has 0 unspecified atom stereocenters. The van der Waals surface area contributed by atoms with Crippen molar-refractivity contribution in [1.29, 1.82) is 0 Å². The third kappa shape index (κ3) is 3.91. The summed E-state index contributed by atoms with van der Waals surface area (Å²) in [7, 11) is -0.623. The third-order valence-electron chi connectivity index (χ3n) is 4.49. The molecule has 0 saturated carbocycles. The second kappa shape index (κ2) is 6.49. The topological polar surface area (TPSA) is 93.8 Å². The summed E-state index contributed by atoms with van der Waals surface area (Å²) in [5.41, 5.74) is 6.58. The van der Waals surface area contributed by atoms with Gasteiger partial charge >= 0.3 is 7.12 Å². The quantitative estimate of drug-likeness (QED) is 0.446. The minimum Gasteiger partial charge on any atom is -0.507 e. The molecule has 1 aromatic carbocycles. The summed E-state index contributed by atoms with van der Waals surface area (Å²) in [6.07, 6.45) is 1.74. The molecule has 0 spiro atoms. The summed E-state index contributed by atoms with van der Waals surface area (Å²) in [5.74, 6) is -0.0599. The van der Waals surface area contributed by atoms with Crippen LogP contribution in [0.4, 0.5) is 5.69 Å². The summed E-state index contributed by atoms with van der Waals surface area (Å²) in [5, 5.41) is 12.8. The van der Waals surface area contributed by atoms with E-state index in [4.69, 9.17) is 15.0 Å². The fraction of sp³-hybridized carbons (Fsp3) is 0.471. The van der Waals surface area contributed by atoms with Crippen LogP contribution in [0.25, 0.3) is 6.08 Å². The first-order chi connectivity index (χ1) is 11.0. The van der Waals surface area contributed by atoms with Gasteiger partial charge < -0.3 is 25.5 Å². The molecule has 1 fully saturated rings. The number of carbonyl (C=O) groups excluding carboxylic acids is 1.